The molecule has 1 aliphatic carbocycles. The van der Waals surface area contributed by atoms with Crippen molar-refractivity contribution in [2.45, 2.75) is 51.2 Å². The molecule has 0 aromatic heterocycles. The van der Waals surface area contributed by atoms with Crippen LogP contribution in [0.3, 0.4) is 0 Å². The van der Waals surface area contributed by atoms with Gasteiger partial charge in [0.25, 0.3) is 0 Å². The third-order valence-electron chi connectivity index (χ3n) is 4.32. The molecule has 21 heavy (non-hydrogen) atoms. The third-order valence-corrected chi connectivity index (χ3v) is 4.64. The highest BCUT2D eigenvalue weighted by Gasteiger charge is 2.42. The van der Waals surface area contributed by atoms with Crippen LogP contribution in [0.2, 0.25) is 5.02 Å². The minimum atomic E-state index is -0.108. The Morgan fingerprint density at radius 3 is 2.57 bits per heavy atom. The quantitative estimate of drug-likeness (QED) is 0.812. The van der Waals surface area contributed by atoms with Crippen LogP contribution in [0, 0.1) is 0 Å². The van der Waals surface area contributed by atoms with E-state index in [1.165, 1.54) is 18.4 Å². The number of ether oxygens (including phenoxy) is 2. The van der Waals surface area contributed by atoms with Crippen molar-refractivity contribution < 1.29 is 9.47 Å². The molecule has 0 heterocycles. The first-order valence-corrected chi connectivity index (χ1v) is 8.25. The minimum Gasteiger partial charge on any atom is -0.495 e. The van der Waals surface area contributed by atoms with Crippen LogP contribution in [0.5, 0.6) is 5.75 Å². The SMILES string of the molecule is CCNC(c1ccc(Cl)c(OC)c1)C1(OCC)CCCC1. The van der Waals surface area contributed by atoms with Gasteiger partial charge in [0.1, 0.15) is 5.75 Å². The van der Waals surface area contributed by atoms with Gasteiger partial charge in [-0.1, -0.05) is 37.4 Å². The number of hydrogen-bond donors (Lipinski definition) is 1. The molecule has 0 aliphatic heterocycles. The van der Waals surface area contributed by atoms with Gasteiger partial charge in [0.15, 0.2) is 0 Å². The van der Waals surface area contributed by atoms with E-state index in [0.717, 1.165) is 31.7 Å². The van der Waals surface area contributed by atoms with Crippen molar-refractivity contribution in [1.82, 2.24) is 5.32 Å². The molecule has 1 saturated carbocycles. The third kappa shape index (κ3) is 3.53. The molecule has 1 aromatic rings. The molecule has 1 aromatic carbocycles. The summed E-state index contributed by atoms with van der Waals surface area (Å²) in [5, 5.41) is 4.26. The molecule has 0 bridgehead atoms. The number of halogens is 1. The molecule has 1 unspecified atom stereocenters. The molecule has 1 atom stereocenters. The first-order chi connectivity index (χ1) is 10.2. The normalized spacial score (nSPS) is 18.7. The van der Waals surface area contributed by atoms with Crippen molar-refractivity contribution in [3.05, 3.63) is 28.8 Å². The van der Waals surface area contributed by atoms with E-state index < -0.39 is 0 Å². The van der Waals surface area contributed by atoms with E-state index in [0.29, 0.717) is 5.02 Å². The second-order valence-corrected chi connectivity index (χ2v) is 6.00. The molecule has 1 N–H and O–H groups in total. The Bertz CT molecular complexity index is 458. The van der Waals surface area contributed by atoms with E-state index in [-0.39, 0.29) is 11.6 Å². The number of rotatable bonds is 7. The Morgan fingerprint density at radius 1 is 1.29 bits per heavy atom. The van der Waals surface area contributed by atoms with Gasteiger partial charge in [-0.15, -0.1) is 0 Å². The average molecular weight is 312 g/mol. The van der Waals surface area contributed by atoms with E-state index in [2.05, 4.69) is 25.2 Å². The van der Waals surface area contributed by atoms with Crippen LogP contribution in [-0.2, 0) is 4.74 Å². The Hall–Kier alpha value is -0.770. The highest BCUT2D eigenvalue weighted by atomic mass is 35.5. The molecule has 3 nitrogen and oxygen atoms in total. The summed E-state index contributed by atoms with van der Waals surface area (Å²) < 4.78 is 11.6. The number of hydrogen-bond acceptors (Lipinski definition) is 3. The number of nitrogens with one attached hydrogen (secondary N) is 1. The summed E-state index contributed by atoms with van der Waals surface area (Å²) in [7, 11) is 1.65. The molecule has 2 rings (SSSR count). The molecule has 1 aliphatic rings. The maximum Gasteiger partial charge on any atom is 0.137 e. The minimum absolute atomic E-state index is 0.108. The summed E-state index contributed by atoms with van der Waals surface area (Å²) in [6.07, 6.45) is 4.66. The zero-order valence-corrected chi connectivity index (χ0v) is 14.0. The summed E-state index contributed by atoms with van der Waals surface area (Å²) in [6.45, 7) is 5.86. The van der Waals surface area contributed by atoms with Crippen LogP contribution in [-0.4, -0.2) is 25.9 Å². The van der Waals surface area contributed by atoms with Crippen molar-refractivity contribution in [2.75, 3.05) is 20.3 Å². The van der Waals surface area contributed by atoms with Crippen molar-refractivity contribution >= 4 is 11.6 Å². The Balaban J connectivity index is 2.37. The molecule has 0 saturated heterocycles. The van der Waals surface area contributed by atoms with Gasteiger partial charge < -0.3 is 14.8 Å². The van der Waals surface area contributed by atoms with Gasteiger partial charge in [0, 0.05) is 6.61 Å². The Labute approximate surface area is 133 Å². The van der Waals surface area contributed by atoms with Gasteiger partial charge in [-0.3, -0.25) is 0 Å². The zero-order valence-electron chi connectivity index (χ0n) is 13.2. The summed E-state index contributed by atoms with van der Waals surface area (Å²) >= 11 is 6.16. The molecule has 0 amide bonds. The number of likely N-dealkylation sites (N-methyl/N-ethyl adjacent to an activating group) is 1. The van der Waals surface area contributed by atoms with Crippen molar-refractivity contribution in [3.63, 3.8) is 0 Å². The summed E-state index contributed by atoms with van der Waals surface area (Å²) in [6, 6.07) is 6.21. The van der Waals surface area contributed by atoms with Gasteiger partial charge in [0.05, 0.1) is 23.8 Å². The van der Waals surface area contributed by atoms with Gasteiger partial charge >= 0.3 is 0 Å². The number of methoxy groups -OCH3 is 1. The van der Waals surface area contributed by atoms with Crippen molar-refractivity contribution in [1.29, 1.82) is 0 Å². The van der Waals surface area contributed by atoms with Crippen LogP contribution in [0.25, 0.3) is 0 Å². The fourth-order valence-electron chi connectivity index (χ4n) is 3.44. The lowest BCUT2D eigenvalue weighted by Crippen LogP contribution is -2.44. The second kappa shape index (κ2) is 7.48. The second-order valence-electron chi connectivity index (χ2n) is 5.59. The number of benzene rings is 1. The molecule has 0 radical (unpaired) electrons. The smallest absolute Gasteiger partial charge is 0.137 e. The fourth-order valence-corrected chi connectivity index (χ4v) is 3.64. The van der Waals surface area contributed by atoms with Crippen LogP contribution >= 0.6 is 11.6 Å². The van der Waals surface area contributed by atoms with E-state index >= 15 is 0 Å². The van der Waals surface area contributed by atoms with Crippen LogP contribution < -0.4 is 10.1 Å². The van der Waals surface area contributed by atoms with Crippen LogP contribution in [0.1, 0.15) is 51.1 Å². The maximum absolute atomic E-state index is 6.23. The molecule has 4 heteroatoms. The standard InChI is InChI=1S/C17H26ClNO2/c1-4-19-16(17(21-5-2)10-6-7-11-17)13-8-9-14(18)15(12-13)20-3/h8-9,12,16,19H,4-7,10-11H2,1-3H3. The average Bonchev–Trinajstić information content (AvgIpc) is 2.95. The zero-order chi connectivity index (χ0) is 15.3. The van der Waals surface area contributed by atoms with Crippen LogP contribution in [0.4, 0.5) is 0 Å². The lowest BCUT2D eigenvalue weighted by molar-refractivity contribution is -0.0623. The highest BCUT2D eigenvalue weighted by molar-refractivity contribution is 6.32. The molecule has 1 fully saturated rings. The van der Waals surface area contributed by atoms with Gasteiger partial charge in [-0.25, -0.2) is 0 Å². The molecule has 118 valence electrons. The predicted molar refractivity (Wildman–Crippen MR) is 87.2 cm³/mol. The van der Waals surface area contributed by atoms with Crippen molar-refractivity contribution in [2.24, 2.45) is 0 Å². The van der Waals surface area contributed by atoms with E-state index in [1.807, 2.05) is 12.1 Å². The Morgan fingerprint density at radius 2 is 2.00 bits per heavy atom. The largest absolute Gasteiger partial charge is 0.495 e. The van der Waals surface area contributed by atoms with E-state index in [4.69, 9.17) is 21.1 Å². The van der Waals surface area contributed by atoms with Crippen LogP contribution in [0.15, 0.2) is 18.2 Å². The topological polar surface area (TPSA) is 30.5 Å². The lowest BCUT2D eigenvalue weighted by Gasteiger charge is -2.38. The predicted octanol–water partition coefficient (Wildman–Crippen LogP) is 4.35. The van der Waals surface area contributed by atoms with E-state index in [9.17, 15) is 0 Å². The van der Waals surface area contributed by atoms with Crippen molar-refractivity contribution in [3.8, 4) is 5.75 Å². The Kier molecular flexibility index (Phi) is 5.91. The summed E-state index contributed by atoms with van der Waals surface area (Å²) in [5.41, 5.74) is 1.08. The molecule has 0 spiro atoms. The maximum atomic E-state index is 6.23. The van der Waals surface area contributed by atoms with Gasteiger partial charge in [-0.2, -0.15) is 0 Å². The van der Waals surface area contributed by atoms with Gasteiger partial charge in [-0.05, 0) is 44.0 Å². The lowest BCUT2D eigenvalue weighted by atomic mass is 9.86. The molecular weight excluding hydrogens is 286 g/mol. The highest BCUT2D eigenvalue weighted by Crippen LogP contribution is 2.44. The molecular formula is C17H26ClNO2. The first kappa shape index (κ1) is 16.6. The fraction of sp³-hybridized carbons (Fsp3) is 0.647. The monoisotopic (exact) mass is 311 g/mol. The summed E-state index contributed by atoms with van der Waals surface area (Å²) in [5.74, 6) is 0.724. The van der Waals surface area contributed by atoms with Gasteiger partial charge in [0.2, 0.25) is 0 Å². The first-order valence-electron chi connectivity index (χ1n) is 7.87. The van der Waals surface area contributed by atoms with E-state index in [1.54, 1.807) is 7.11 Å². The summed E-state index contributed by atoms with van der Waals surface area (Å²) in [4.78, 5) is 0.